The molecule has 0 bridgehead atoms. The van der Waals surface area contributed by atoms with Crippen molar-refractivity contribution in [2.45, 2.75) is 6.54 Å². The van der Waals surface area contributed by atoms with Crippen LogP contribution >= 0.6 is 12.4 Å². The van der Waals surface area contributed by atoms with Crippen molar-refractivity contribution in [3.05, 3.63) is 60.7 Å². The number of Topliss-reactive ketones (excluding diaryl/α,β-unsaturated/α-hetero) is 1. The standard InChI is InChI=1S/C16H14N2O2.ClH/c1-20-16-13-5-3-2-4-12(13)6-7-14(16)15(19)10-18-9-8-17-11-18;/h2-9,11H,10H2,1H3;1H. The van der Waals surface area contributed by atoms with Crippen molar-refractivity contribution < 1.29 is 9.53 Å². The highest BCUT2D eigenvalue weighted by atomic mass is 35.5. The molecule has 0 unspecified atom stereocenters. The van der Waals surface area contributed by atoms with Crippen LogP contribution in [0.2, 0.25) is 0 Å². The molecule has 0 atom stereocenters. The highest BCUT2D eigenvalue weighted by Gasteiger charge is 2.15. The summed E-state index contributed by atoms with van der Waals surface area (Å²) in [6.07, 6.45) is 5.06. The molecule has 0 aliphatic heterocycles. The summed E-state index contributed by atoms with van der Waals surface area (Å²) < 4.78 is 7.20. The average molecular weight is 303 g/mol. The lowest BCUT2D eigenvalue weighted by Crippen LogP contribution is -2.10. The zero-order chi connectivity index (χ0) is 13.9. The predicted octanol–water partition coefficient (Wildman–Crippen LogP) is 3.35. The highest BCUT2D eigenvalue weighted by Crippen LogP contribution is 2.30. The topological polar surface area (TPSA) is 44.1 Å². The summed E-state index contributed by atoms with van der Waals surface area (Å²) in [5.74, 6) is 0.638. The Bertz CT molecular complexity index is 754. The number of benzene rings is 2. The smallest absolute Gasteiger partial charge is 0.186 e. The molecular formula is C16H15ClN2O2. The Morgan fingerprint density at radius 3 is 2.76 bits per heavy atom. The maximum Gasteiger partial charge on any atom is 0.186 e. The zero-order valence-corrected chi connectivity index (χ0v) is 12.3. The fourth-order valence-electron chi connectivity index (χ4n) is 2.31. The number of ketones is 1. The average Bonchev–Trinajstić information content (AvgIpc) is 2.98. The van der Waals surface area contributed by atoms with Gasteiger partial charge in [-0.05, 0) is 11.5 Å². The Kier molecular flexibility index (Phi) is 4.60. The first kappa shape index (κ1) is 15.1. The monoisotopic (exact) mass is 302 g/mol. The summed E-state index contributed by atoms with van der Waals surface area (Å²) in [5, 5.41) is 2.01. The Balaban J connectivity index is 0.00000161. The van der Waals surface area contributed by atoms with Crippen LogP contribution in [0.15, 0.2) is 55.1 Å². The fourth-order valence-corrected chi connectivity index (χ4v) is 2.31. The summed E-state index contributed by atoms with van der Waals surface area (Å²) in [5.41, 5.74) is 0.597. The summed E-state index contributed by atoms with van der Waals surface area (Å²) >= 11 is 0. The van der Waals surface area contributed by atoms with E-state index in [1.54, 1.807) is 30.4 Å². The molecule has 4 nitrogen and oxygen atoms in total. The highest BCUT2D eigenvalue weighted by molar-refractivity contribution is 6.04. The number of methoxy groups -OCH3 is 1. The van der Waals surface area contributed by atoms with E-state index in [1.165, 1.54) is 0 Å². The first-order chi connectivity index (χ1) is 9.79. The van der Waals surface area contributed by atoms with E-state index in [-0.39, 0.29) is 24.7 Å². The molecule has 3 aromatic rings. The molecule has 0 saturated carbocycles. The second-order valence-electron chi connectivity index (χ2n) is 4.53. The maximum absolute atomic E-state index is 12.4. The number of nitrogens with zero attached hydrogens (tertiary/aromatic N) is 2. The van der Waals surface area contributed by atoms with Crippen molar-refractivity contribution in [3.63, 3.8) is 0 Å². The van der Waals surface area contributed by atoms with E-state index in [1.807, 2.05) is 36.4 Å². The molecule has 1 heterocycles. The molecule has 0 fully saturated rings. The normalized spacial score (nSPS) is 10.1. The van der Waals surface area contributed by atoms with E-state index < -0.39 is 0 Å². The van der Waals surface area contributed by atoms with E-state index in [0.29, 0.717) is 11.3 Å². The van der Waals surface area contributed by atoms with Crippen LogP contribution in [0.4, 0.5) is 0 Å². The van der Waals surface area contributed by atoms with Crippen molar-refractivity contribution in [3.8, 4) is 5.75 Å². The van der Waals surface area contributed by atoms with Gasteiger partial charge < -0.3 is 9.30 Å². The molecule has 0 radical (unpaired) electrons. The molecule has 1 aromatic heterocycles. The number of carbonyl (C=O) groups excluding carboxylic acids is 1. The van der Waals surface area contributed by atoms with Crippen LogP contribution in [0.5, 0.6) is 5.75 Å². The van der Waals surface area contributed by atoms with E-state index in [0.717, 1.165) is 10.8 Å². The number of ether oxygens (including phenoxy) is 1. The Morgan fingerprint density at radius 1 is 1.24 bits per heavy atom. The molecular weight excluding hydrogens is 288 g/mol. The lowest BCUT2D eigenvalue weighted by atomic mass is 10.0. The van der Waals surface area contributed by atoms with Gasteiger partial charge in [-0.1, -0.05) is 30.3 Å². The molecule has 5 heteroatoms. The lowest BCUT2D eigenvalue weighted by Gasteiger charge is -2.11. The quantitative estimate of drug-likeness (QED) is 0.694. The summed E-state index contributed by atoms with van der Waals surface area (Å²) in [6.45, 7) is 0.259. The van der Waals surface area contributed by atoms with E-state index >= 15 is 0 Å². The van der Waals surface area contributed by atoms with E-state index in [4.69, 9.17) is 4.74 Å². The number of hydrogen-bond acceptors (Lipinski definition) is 3. The number of hydrogen-bond donors (Lipinski definition) is 0. The van der Waals surface area contributed by atoms with Gasteiger partial charge in [-0.3, -0.25) is 4.79 Å². The number of carbonyl (C=O) groups is 1. The third kappa shape index (κ3) is 2.90. The summed E-state index contributed by atoms with van der Waals surface area (Å²) in [4.78, 5) is 16.3. The molecule has 108 valence electrons. The van der Waals surface area contributed by atoms with Gasteiger partial charge in [0.25, 0.3) is 0 Å². The molecule has 0 spiro atoms. The number of halogens is 1. The first-order valence-corrected chi connectivity index (χ1v) is 6.34. The molecule has 0 aliphatic rings. The van der Waals surface area contributed by atoms with Crippen molar-refractivity contribution in [2.75, 3.05) is 7.11 Å². The Hall–Kier alpha value is -2.33. The molecule has 0 aliphatic carbocycles. The fraction of sp³-hybridized carbons (Fsp3) is 0.125. The third-order valence-electron chi connectivity index (χ3n) is 3.27. The van der Waals surface area contributed by atoms with Crippen LogP contribution in [0.3, 0.4) is 0 Å². The van der Waals surface area contributed by atoms with Gasteiger partial charge in [0.15, 0.2) is 5.78 Å². The van der Waals surface area contributed by atoms with Gasteiger partial charge in [0.1, 0.15) is 5.75 Å². The molecule has 0 amide bonds. The van der Waals surface area contributed by atoms with Crippen LogP contribution in [-0.4, -0.2) is 22.4 Å². The minimum Gasteiger partial charge on any atom is -0.495 e. The molecule has 3 rings (SSSR count). The molecule has 2 aromatic carbocycles. The minimum atomic E-state index is 0. The van der Waals surface area contributed by atoms with Gasteiger partial charge in [-0.2, -0.15) is 0 Å². The van der Waals surface area contributed by atoms with Crippen molar-refractivity contribution in [1.29, 1.82) is 0 Å². The minimum absolute atomic E-state index is 0. The SMILES string of the molecule is COc1c(C(=O)Cn2ccnc2)ccc2ccccc12.Cl. The van der Waals surface area contributed by atoms with Crippen molar-refractivity contribution in [1.82, 2.24) is 9.55 Å². The third-order valence-corrected chi connectivity index (χ3v) is 3.27. The largest absolute Gasteiger partial charge is 0.495 e. The maximum atomic E-state index is 12.4. The van der Waals surface area contributed by atoms with E-state index in [9.17, 15) is 4.79 Å². The van der Waals surface area contributed by atoms with Gasteiger partial charge in [0.05, 0.1) is 25.5 Å². The summed E-state index contributed by atoms with van der Waals surface area (Å²) in [7, 11) is 1.59. The first-order valence-electron chi connectivity index (χ1n) is 6.34. The van der Waals surface area contributed by atoms with Crippen LogP contribution < -0.4 is 4.74 Å². The number of imidazole rings is 1. The van der Waals surface area contributed by atoms with Crippen LogP contribution in [0, 0.1) is 0 Å². The second-order valence-corrected chi connectivity index (χ2v) is 4.53. The molecule has 21 heavy (non-hydrogen) atoms. The Labute approximate surface area is 128 Å². The molecule has 0 N–H and O–H groups in total. The van der Waals surface area contributed by atoms with Crippen LogP contribution in [0.25, 0.3) is 10.8 Å². The van der Waals surface area contributed by atoms with Crippen LogP contribution in [-0.2, 0) is 6.54 Å². The van der Waals surface area contributed by atoms with Gasteiger partial charge in [0.2, 0.25) is 0 Å². The van der Waals surface area contributed by atoms with Gasteiger partial charge in [0, 0.05) is 17.8 Å². The zero-order valence-electron chi connectivity index (χ0n) is 11.5. The van der Waals surface area contributed by atoms with Gasteiger partial charge in [-0.15, -0.1) is 12.4 Å². The summed E-state index contributed by atoms with van der Waals surface area (Å²) in [6, 6.07) is 11.6. The van der Waals surface area contributed by atoms with Crippen molar-refractivity contribution in [2.24, 2.45) is 0 Å². The number of fused-ring (bicyclic) bond motifs is 1. The number of rotatable bonds is 4. The Morgan fingerprint density at radius 2 is 2.05 bits per heavy atom. The lowest BCUT2D eigenvalue weighted by molar-refractivity contribution is 0.0969. The van der Waals surface area contributed by atoms with Gasteiger partial charge >= 0.3 is 0 Å². The van der Waals surface area contributed by atoms with Crippen LogP contribution in [0.1, 0.15) is 10.4 Å². The second kappa shape index (κ2) is 6.41. The predicted molar refractivity (Wildman–Crippen MR) is 84.3 cm³/mol. The molecule has 0 saturated heterocycles. The van der Waals surface area contributed by atoms with Crippen molar-refractivity contribution >= 4 is 29.0 Å². The van der Waals surface area contributed by atoms with E-state index in [2.05, 4.69) is 4.98 Å². The van der Waals surface area contributed by atoms with Gasteiger partial charge in [-0.25, -0.2) is 4.98 Å². The number of aromatic nitrogens is 2.